The quantitative estimate of drug-likeness (QED) is 0.513. The van der Waals surface area contributed by atoms with Gasteiger partial charge in [-0.1, -0.05) is 78.9 Å². The molecule has 0 spiro atoms. The number of nitrogens with two attached hydrogens (primary N) is 2. The zero-order chi connectivity index (χ0) is 17.2. The Labute approximate surface area is 147 Å². The zero-order valence-corrected chi connectivity index (χ0v) is 13.9. The minimum Gasteiger partial charge on any atom is -0.398 e. The lowest BCUT2D eigenvalue weighted by atomic mass is 9.95. The normalized spacial score (nSPS) is 12.2. The Morgan fingerprint density at radius 2 is 1.24 bits per heavy atom. The van der Waals surface area contributed by atoms with E-state index >= 15 is 0 Å². The summed E-state index contributed by atoms with van der Waals surface area (Å²) in [5.41, 5.74) is 17.6. The molecule has 4 rings (SSSR count). The van der Waals surface area contributed by atoms with Gasteiger partial charge < -0.3 is 11.5 Å². The standard InChI is InChI=1S/C23H20N2/c24-22-8-4-3-7-21(22)23(25)18-12-9-17(10-13-18)20-14-11-16-5-1-2-6-19(16)15-20/h1-15,23H,24-25H2. The Kier molecular flexibility index (Phi) is 3.96. The lowest BCUT2D eigenvalue weighted by Crippen LogP contribution is -2.13. The topological polar surface area (TPSA) is 52.0 Å². The Hall–Kier alpha value is -3.10. The fraction of sp³-hybridized carbons (Fsp3) is 0.0435. The van der Waals surface area contributed by atoms with Crippen LogP contribution in [0, 0.1) is 0 Å². The molecule has 4 aromatic rings. The maximum atomic E-state index is 6.40. The average molecular weight is 324 g/mol. The molecule has 0 amide bonds. The average Bonchev–Trinajstić information content (AvgIpc) is 2.67. The van der Waals surface area contributed by atoms with E-state index in [9.17, 15) is 0 Å². The molecule has 0 bridgehead atoms. The number of hydrogen-bond donors (Lipinski definition) is 2. The molecule has 1 atom stereocenters. The van der Waals surface area contributed by atoms with Crippen LogP contribution >= 0.6 is 0 Å². The highest BCUT2D eigenvalue weighted by Crippen LogP contribution is 2.28. The lowest BCUT2D eigenvalue weighted by Gasteiger charge is -2.15. The molecule has 0 aliphatic heterocycles. The molecule has 0 saturated carbocycles. The third kappa shape index (κ3) is 3.00. The first-order valence-corrected chi connectivity index (χ1v) is 8.41. The minimum absolute atomic E-state index is 0.216. The first kappa shape index (κ1) is 15.4. The number of fused-ring (bicyclic) bond motifs is 1. The Bertz CT molecular complexity index is 1020. The van der Waals surface area contributed by atoms with Gasteiger partial charge in [0.2, 0.25) is 0 Å². The third-order valence-corrected chi connectivity index (χ3v) is 4.68. The van der Waals surface area contributed by atoms with Gasteiger partial charge in [-0.15, -0.1) is 0 Å². The summed E-state index contributed by atoms with van der Waals surface area (Å²) in [6.07, 6.45) is 0. The van der Waals surface area contributed by atoms with Crippen molar-refractivity contribution in [2.24, 2.45) is 5.73 Å². The summed E-state index contributed by atoms with van der Waals surface area (Å²) in [7, 11) is 0. The molecule has 0 aromatic heterocycles. The Morgan fingerprint density at radius 1 is 0.600 bits per heavy atom. The van der Waals surface area contributed by atoms with Crippen LogP contribution in [0.15, 0.2) is 91.0 Å². The summed E-state index contributed by atoms with van der Waals surface area (Å²) in [4.78, 5) is 0. The summed E-state index contributed by atoms with van der Waals surface area (Å²) < 4.78 is 0. The molecule has 2 heteroatoms. The summed E-state index contributed by atoms with van der Waals surface area (Å²) in [6.45, 7) is 0. The highest BCUT2D eigenvalue weighted by Gasteiger charge is 2.11. The number of para-hydroxylation sites is 1. The number of nitrogen functional groups attached to an aromatic ring is 1. The third-order valence-electron chi connectivity index (χ3n) is 4.68. The molecule has 0 aliphatic rings. The fourth-order valence-electron chi connectivity index (χ4n) is 3.23. The van der Waals surface area contributed by atoms with Crippen molar-refractivity contribution in [1.82, 2.24) is 0 Å². The van der Waals surface area contributed by atoms with Gasteiger partial charge in [0.1, 0.15) is 0 Å². The number of rotatable bonds is 3. The maximum Gasteiger partial charge on any atom is 0.0572 e. The Balaban J connectivity index is 1.66. The van der Waals surface area contributed by atoms with E-state index < -0.39 is 0 Å². The molecule has 1 unspecified atom stereocenters. The van der Waals surface area contributed by atoms with Gasteiger partial charge in [0.15, 0.2) is 0 Å². The van der Waals surface area contributed by atoms with Crippen LogP contribution in [0.1, 0.15) is 17.2 Å². The molecule has 2 nitrogen and oxygen atoms in total. The van der Waals surface area contributed by atoms with Crippen LogP contribution in [0.25, 0.3) is 21.9 Å². The number of benzene rings is 4. The summed E-state index contributed by atoms with van der Waals surface area (Å²) in [5, 5.41) is 2.50. The van der Waals surface area contributed by atoms with E-state index in [1.165, 1.54) is 21.9 Å². The van der Waals surface area contributed by atoms with Gasteiger partial charge in [-0.2, -0.15) is 0 Å². The van der Waals surface area contributed by atoms with Crippen molar-refractivity contribution in [2.75, 3.05) is 5.73 Å². The van der Waals surface area contributed by atoms with Crippen molar-refractivity contribution >= 4 is 16.5 Å². The molecule has 4 N–H and O–H groups in total. The molecule has 0 fully saturated rings. The molecule has 0 radical (unpaired) electrons. The summed E-state index contributed by atoms with van der Waals surface area (Å²) in [6, 6.07) is 30.9. The minimum atomic E-state index is -0.216. The van der Waals surface area contributed by atoms with Gasteiger partial charge in [-0.05, 0) is 45.2 Å². The fourth-order valence-corrected chi connectivity index (χ4v) is 3.23. The summed E-state index contributed by atoms with van der Waals surface area (Å²) in [5.74, 6) is 0. The van der Waals surface area contributed by atoms with E-state index in [0.717, 1.165) is 16.8 Å². The second-order valence-electron chi connectivity index (χ2n) is 6.29. The smallest absolute Gasteiger partial charge is 0.0572 e. The van der Waals surface area contributed by atoms with Gasteiger partial charge in [0, 0.05) is 5.69 Å². The molecule has 0 heterocycles. The van der Waals surface area contributed by atoms with Gasteiger partial charge in [-0.25, -0.2) is 0 Å². The van der Waals surface area contributed by atoms with Gasteiger partial charge >= 0.3 is 0 Å². The molecule has 0 aliphatic carbocycles. The van der Waals surface area contributed by atoms with Crippen molar-refractivity contribution in [1.29, 1.82) is 0 Å². The van der Waals surface area contributed by atoms with E-state index in [2.05, 4.69) is 66.7 Å². The van der Waals surface area contributed by atoms with E-state index in [-0.39, 0.29) is 6.04 Å². The van der Waals surface area contributed by atoms with Crippen molar-refractivity contribution in [2.45, 2.75) is 6.04 Å². The van der Waals surface area contributed by atoms with Crippen LogP contribution in [0.3, 0.4) is 0 Å². The molecule has 25 heavy (non-hydrogen) atoms. The van der Waals surface area contributed by atoms with Crippen LogP contribution in [0.4, 0.5) is 5.69 Å². The van der Waals surface area contributed by atoms with Crippen molar-refractivity contribution < 1.29 is 0 Å². The van der Waals surface area contributed by atoms with Crippen molar-refractivity contribution in [3.8, 4) is 11.1 Å². The van der Waals surface area contributed by atoms with Crippen LogP contribution in [0.2, 0.25) is 0 Å². The first-order chi connectivity index (χ1) is 12.2. The predicted molar refractivity (Wildman–Crippen MR) is 106 cm³/mol. The van der Waals surface area contributed by atoms with Crippen molar-refractivity contribution in [3.05, 3.63) is 102 Å². The number of anilines is 1. The van der Waals surface area contributed by atoms with Gasteiger partial charge in [0.05, 0.1) is 6.04 Å². The van der Waals surface area contributed by atoms with Gasteiger partial charge in [-0.3, -0.25) is 0 Å². The van der Waals surface area contributed by atoms with E-state index in [1.54, 1.807) is 0 Å². The Morgan fingerprint density at radius 3 is 2.00 bits per heavy atom. The zero-order valence-electron chi connectivity index (χ0n) is 13.9. The molecular formula is C23H20N2. The lowest BCUT2D eigenvalue weighted by molar-refractivity contribution is 0.875. The van der Waals surface area contributed by atoms with Crippen molar-refractivity contribution in [3.63, 3.8) is 0 Å². The number of hydrogen-bond acceptors (Lipinski definition) is 2. The van der Waals surface area contributed by atoms with Crippen LogP contribution in [-0.2, 0) is 0 Å². The van der Waals surface area contributed by atoms with Crippen LogP contribution in [0.5, 0.6) is 0 Å². The molecular weight excluding hydrogens is 304 g/mol. The summed E-state index contributed by atoms with van der Waals surface area (Å²) >= 11 is 0. The maximum absolute atomic E-state index is 6.40. The monoisotopic (exact) mass is 324 g/mol. The second-order valence-corrected chi connectivity index (χ2v) is 6.29. The highest BCUT2D eigenvalue weighted by atomic mass is 14.7. The molecule has 4 aromatic carbocycles. The SMILES string of the molecule is Nc1ccccc1C(N)c1ccc(-c2ccc3ccccc3c2)cc1. The second kappa shape index (κ2) is 6.42. The van der Waals surface area contributed by atoms with Crippen LogP contribution < -0.4 is 11.5 Å². The van der Waals surface area contributed by atoms with E-state index in [4.69, 9.17) is 11.5 Å². The van der Waals surface area contributed by atoms with E-state index in [1.807, 2.05) is 24.3 Å². The first-order valence-electron chi connectivity index (χ1n) is 8.41. The molecule has 0 saturated heterocycles. The molecule has 122 valence electrons. The van der Waals surface area contributed by atoms with E-state index in [0.29, 0.717) is 0 Å². The van der Waals surface area contributed by atoms with Crippen LogP contribution in [-0.4, -0.2) is 0 Å². The van der Waals surface area contributed by atoms with Gasteiger partial charge in [0.25, 0.3) is 0 Å². The largest absolute Gasteiger partial charge is 0.398 e. The highest BCUT2D eigenvalue weighted by molar-refractivity contribution is 5.87. The predicted octanol–water partition coefficient (Wildman–Crippen LogP) is 5.14.